The highest BCUT2D eigenvalue weighted by Gasteiger charge is 1.88. The van der Waals surface area contributed by atoms with Gasteiger partial charge in [0.1, 0.15) is 5.82 Å². The molecule has 0 bridgehead atoms. The summed E-state index contributed by atoms with van der Waals surface area (Å²) in [6.07, 6.45) is 1.67. The molecule has 0 aliphatic carbocycles. The Bertz CT molecular complexity index is 232. The fraction of sp³-hybridized carbons (Fsp3) is 0. The molecular formula is C7H9N3. The van der Waals surface area contributed by atoms with Crippen LogP contribution in [0, 0.1) is 0 Å². The van der Waals surface area contributed by atoms with E-state index in [9.17, 15) is 0 Å². The Morgan fingerprint density at radius 3 is 3.00 bits per heavy atom. The monoisotopic (exact) mass is 135 g/mol. The highest BCUT2D eigenvalue weighted by atomic mass is 15.2. The third-order valence-electron chi connectivity index (χ3n) is 1.13. The predicted molar refractivity (Wildman–Crippen MR) is 42.1 cm³/mol. The first-order valence-corrected chi connectivity index (χ1v) is 2.93. The van der Waals surface area contributed by atoms with E-state index in [2.05, 4.69) is 17.0 Å². The van der Waals surface area contributed by atoms with Crippen LogP contribution in [0.1, 0.15) is 5.69 Å². The van der Waals surface area contributed by atoms with Gasteiger partial charge >= 0.3 is 0 Å². The summed E-state index contributed by atoms with van der Waals surface area (Å²) >= 11 is 0. The van der Waals surface area contributed by atoms with Gasteiger partial charge in [0.25, 0.3) is 0 Å². The molecule has 52 valence electrons. The van der Waals surface area contributed by atoms with E-state index >= 15 is 0 Å². The van der Waals surface area contributed by atoms with E-state index < -0.39 is 0 Å². The van der Waals surface area contributed by atoms with Crippen molar-refractivity contribution in [2.75, 3.05) is 5.43 Å². The molecule has 0 radical (unpaired) electrons. The summed E-state index contributed by atoms with van der Waals surface area (Å²) in [4.78, 5) is 4.06. The van der Waals surface area contributed by atoms with Crippen LogP contribution >= 0.6 is 0 Å². The number of nitrogens with zero attached hydrogens (tertiary/aromatic N) is 1. The number of rotatable bonds is 2. The smallest absolute Gasteiger partial charge is 0.140 e. The van der Waals surface area contributed by atoms with Gasteiger partial charge < -0.3 is 5.43 Å². The topological polar surface area (TPSA) is 50.9 Å². The van der Waals surface area contributed by atoms with Crippen LogP contribution in [0.25, 0.3) is 6.08 Å². The molecule has 1 aromatic heterocycles. The third-order valence-corrected chi connectivity index (χ3v) is 1.13. The van der Waals surface area contributed by atoms with Gasteiger partial charge in [0.05, 0.1) is 5.69 Å². The zero-order chi connectivity index (χ0) is 7.40. The van der Waals surface area contributed by atoms with Gasteiger partial charge in [0.15, 0.2) is 0 Å². The average molecular weight is 135 g/mol. The molecule has 0 atom stereocenters. The number of nitrogen functional groups attached to an aromatic ring is 1. The lowest BCUT2D eigenvalue weighted by Gasteiger charge is -1.97. The van der Waals surface area contributed by atoms with Crippen molar-refractivity contribution in [1.29, 1.82) is 0 Å². The Morgan fingerprint density at radius 2 is 2.40 bits per heavy atom. The molecule has 0 amide bonds. The number of nitrogens with one attached hydrogen (secondary N) is 1. The summed E-state index contributed by atoms with van der Waals surface area (Å²) in [6.45, 7) is 3.58. The predicted octanol–water partition coefficient (Wildman–Crippen LogP) is 1.01. The first kappa shape index (κ1) is 6.77. The van der Waals surface area contributed by atoms with Crippen molar-refractivity contribution in [1.82, 2.24) is 4.98 Å². The SMILES string of the molecule is C=Cc1cccc(NN)n1. The minimum Gasteiger partial charge on any atom is -0.308 e. The van der Waals surface area contributed by atoms with Gasteiger partial charge in [-0.25, -0.2) is 10.8 Å². The second-order valence-corrected chi connectivity index (χ2v) is 1.80. The van der Waals surface area contributed by atoms with Crippen molar-refractivity contribution in [3.63, 3.8) is 0 Å². The van der Waals surface area contributed by atoms with Crippen molar-refractivity contribution in [2.45, 2.75) is 0 Å². The summed E-state index contributed by atoms with van der Waals surface area (Å²) in [6, 6.07) is 5.50. The number of nitrogens with two attached hydrogens (primary N) is 1. The van der Waals surface area contributed by atoms with E-state index in [1.54, 1.807) is 12.1 Å². The second-order valence-electron chi connectivity index (χ2n) is 1.80. The molecule has 10 heavy (non-hydrogen) atoms. The van der Waals surface area contributed by atoms with Crippen LogP contribution in [0.4, 0.5) is 5.82 Å². The molecule has 1 heterocycles. The van der Waals surface area contributed by atoms with Crippen LogP contribution in [0.5, 0.6) is 0 Å². The number of pyridine rings is 1. The fourth-order valence-electron chi connectivity index (χ4n) is 0.646. The lowest BCUT2D eigenvalue weighted by Crippen LogP contribution is -2.08. The van der Waals surface area contributed by atoms with Crippen molar-refractivity contribution in [2.24, 2.45) is 5.84 Å². The van der Waals surface area contributed by atoms with Crippen LogP contribution in [-0.4, -0.2) is 4.98 Å². The van der Waals surface area contributed by atoms with Crippen molar-refractivity contribution < 1.29 is 0 Å². The van der Waals surface area contributed by atoms with Gasteiger partial charge in [-0.3, -0.25) is 0 Å². The van der Waals surface area contributed by atoms with E-state index in [1.807, 2.05) is 12.1 Å². The molecule has 0 unspecified atom stereocenters. The highest BCUT2D eigenvalue weighted by Crippen LogP contribution is 2.02. The number of hydrogen-bond donors (Lipinski definition) is 2. The maximum atomic E-state index is 5.13. The van der Waals surface area contributed by atoms with Crippen LogP contribution in [0.15, 0.2) is 24.8 Å². The summed E-state index contributed by atoms with van der Waals surface area (Å²) in [5.74, 6) is 5.78. The molecule has 3 N–H and O–H groups in total. The van der Waals surface area contributed by atoms with Gasteiger partial charge in [-0.15, -0.1) is 0 Å². The van der Waals surface area contributed by atoms with Gasteiger partial charge in [0, 0.05) is 0 Å². The molecule has 0 saturated carbocycles. The standard InChI is InChI=1S/C7H9N3/c1-2-6-4-3-5-7(9-6)10-8/h2-5H,1,8H2,(H,9,10). The fourth-order valence-corrected chi connectivity index (χ4v) is 0.646. The Balaban J connectivity index is 2.98. The highest BCUT2D eigenvalue weighted by molar-refractivity contribution is 5.46. The number of aromatic nitrogens is 1. The first-order valence-electron chi connectivity index (χ1n) is 2.93. The number of hydrazine groups is 1. The van der Waals surface area contributed by atoms with Crippen LogP contribution in [-0.2, 0) is 0 Å². The molecule has 0 saturated heterocycles. The molecule has 0 fully saturated rings. The summed E-state index contributed by atoms with van der Waals surface area (Å²) < 4.78 is 0. The average Bonchev–Trinajstić information content (AvgIpc) is 2.05. The maximum absolute atomic E-state index is 5.13. The van der Waals surface area contributed by atoms with Gasteiger partial charge in [-0.1, -0.05) is 12.6 Å². The second kappa shape index (κ2) is 2.98. The molecule has 3 heteroatoms. The van der Waals surface area contributed by atoms with E-state index in [0.717, 1.165) is 5.69 Å². The zero-order valence-electron chi connectivity index (χ0n) is 5.54. The Morgan fingerprint density at radius 1 is 1.60 bits per heavy atom. The van der Waals surface area contributed by atoms with Crippen molar-refractivity contribution >= 4 is 11.9 Å². The van der Waals surface area contributed by atoms with E-state index in [0.29, 0.717) is 5.82 Å². The van der Waals surface area contributed by atoms with Crippen LogP contribution in [0.3, 0.4) is 0 Å². The summed E-state index contributed by atoms with van der Waals surface area (Å²) in [7, 11) is 0. The van der Waals surface area contributed by atoms with Gasteiger partial charge in [-0.05, 0) is 18.2 Å². The lowest BCUT2D eigenvalue weighted by atomic mass is 10.3. The third kappa shape index (κ3) is 1.33. The van der Waals surface area contributed by atoms with Crippen LogP contribution in [0.2, 0.25) is 0 Å². The number of hydrogen-bond acceptors (Lipinski definition) is 3. The number of anilines is 1. The van der Waals surface area contributed by atoms with Crippen molar-refractivity contribution in [3.05, 3.63) is 30.5 Å². The van der Waals surface area contributed by atoms with E-state index in [-0.39, 0.29) is 0 Å². The Labute approximate surface area is 59.6 Å². The largest absolute Gasteiger partial charge is 0.308 e. The Kier molecular flexibility index (Phi) is 2.02. The molecule has 1 rings (SSSR count). The van der Waals surface area contributed by atoms with Crippen molar-refractivity contribution in [3.8, 4) is 0 Å². The molecule has 0 aromatic carbocycles. The molecule has 0 spiro atoms. The molecule has 0 aliphatic heterocycles. The zero-order valence-corrected chi connectivity index (χ0v) is 5.54. The Hall–Kier alpha value is -1.35. The summed E-state index contributed by atoms with van der Waals surface area (Å²) in [5.41, 5.74) is 3.26. The maximum Gasteiger partial charge on any atom is 0.140 e. The van der Waals surface area contributed by atoms with E-state index in [4.69, 9.17) is 5.84 Å². The molecule has 1 aromatic rings. The minimum atomic E-state index is 0.650. The first-order chi connectivity index (χ1) is 4.86. The lowest BCUT2D eigenvalue weighted by molar-refractivity contribution is 1.21. The molecule has 3 nitrogen and oxygen atoms in total. The quantitative estimate of drug-likeness (QED) is 0.470. The van der Waals surface area contributed by atoms with Crippen LogP contribution < -0.4 is 11.3 Å². The minimum absolute atomic E-state index is 0.650. The normalized spacial score (nSPS) is 8.90. The molecular weight excluding hydrogens is 126 g/mol. The van der Waals surface area contributed by atoms with E-state index in [1.165, 1.54) is 0 Å². The van der Waals surface area contributed by atoms with Gasteiger partial charge in [0.2, 0.25) is 0 Å². The van der Waals surface area contributed by atoms with Gasteiger partial charge in [-0.2, -0.15) is 0 Å². The summed E-state index contributed by atoms with van der Waals surface area (Å²) in [5, 5.41) is 0. The molecule has 0 aliphatic rings.